The largest absolute Gasteiger partial charge is 0.385 e. The molecule has 0 spiro atoms. The normalized spacial score (nSPS) is 11.8. The van der Waals surface area contributed by atoms with Gasteiger partial charge in [0.25, 0.3) is 0 Å². The van der Waals surface area contributed by atoms with Crippen molar-refractivity contribution >= 4 is 12.2 Å². The molecule has 2 aromatic rings. The molecule has 0 aliphatic carbocycles. The minimum atomic E-state index is 0.0711. The number of aromatic nitrogens is 4. The van der Waals surface area contributed by atoms with Crippen molar-refractivity contribution in [2.24, 2.45) is 5.41 Å². The molecule has 5 nitrogen and oxygen atoms in total. The lowest BCUT2D eigenvalue weighted by molar-refractivity contribution is 0.142. The molecule has 0 bridgehead atoms. The van der Waals surface area contributed by atoms with Crippen LogP contribution in [-0.4, -0.2) is 33.5 Å². The van der Waals surface area contributed by atoms with Gasteiger partial charge in [0.1, 0.15) is 5.69 Å². The van der Waals surface area contributed by atoms with E-state index in [1.54, 1.807) is 13.3 Å². The summed E-state index contributed by atoms with van der Waals surface area (Å²) >= 11 is 5.34. The van der Waals surface area contributed by atoms with Crippen LogP contribution in [0.3, 0.4) is 0 Å². The quantitative estimate of drug-likeness (QED) is 0.831. The van der Waals surface area contributed by atoms with E-state index in [-0.39, 0.29) is 5.41 Å². The minimum absolute atomic E-state index is 0.0711. The van der Waals surface area contributed by atoms with Gasteiger partial charge >= 0.3 is 0 Å². The first-order valence-electron chi connectivity index (χ1n) is 6.59. The van der Waals surface area contributed by atoms with Crippen LogP contribution in [0.1, 0.15) is 20.3 Å². The second kappa shape index (κ2) is 6.28. The number of methoxy groups -OCH3 is 1. The van der Waals surface area contributed by atoms with Gasteiger partial charge in [-0.15, -0.1) is 0 Å². The summed E-state index contributed by atoms with van der Waals surface area (Å²) < 4.78 is 7.80. The Hall–Kier alpha value is -1.53. The average Bonchev–Trinajstić information content (AvgIpc) is 2.79. The zero-order chi connectivity index (χ0) is 14.6. The molecule has 6 heteroatoms. The molecule has 1 N–H and O–H groups in total. The standard InChI is InChI=1S/C14H20N4OS/c1-14(2,7-9-19-3)10-18-12(16-17-13(18)20)11-6-4-5-8-15-11/h4-6,8H,7,9-10H2,1-3H3,(H,17,20). The Kier molecular flexibility index (Phi) is 4.67. The van der Waals surface area contributed by atoms with Gasteiger partial charge in [0.05, 0.1) is 0 Å². The fraction of sp³-hybridized carbons (Fsp3) is 0.500. The van der Waals surface area contributed by atoms with Gasteiger partial charge in [0.2, 0.25) is 0 Å². The fourth-order valence-electron chi connectivity index (χ4n) is 2.04. The van der Waals surface area contributed by atoms with E-state index in [4.69, 9.17) is 17.0 Å². The van der Waals surface area contributed by atoms with Gasteiger partial charge in [-0.2, -0.15) is 5.10 Å². The Bertz CT molecular complexity index is 603. The molecule has 0 atom stereocenters. The Labute approximate surface area is 124 Å². The number of nitrogens with zero attached hydrogens (tertiary/aromatic N) is 3. The maximum absolute atomic E-state index is 5.34. The van der Waals surface area contributed by atoms with Gasteiger partial charge in [-0.3, -0.25) is 14.6 Å². The molecule has 0 fully saturated rings. The summed E-state index contributed by atoms with van der Waals surface area (Å²) in [4.78, 5) is 4.34. The molecule has 2 rings (SSSR count). The van der Waals surface area contributed by atoms with Crippen LogP contribution in [0.4, 0.5) is 0 Å². The molecule has 0 saturated heterocycles. The Morgan fingerprint density at radius 1 is 1.40 bits per heavy atom. The number of hydrogen-bond donors (Lipinski definition) is 1. The van der Waals surface area contributed by atoms with Gasteiger partial charge in [-0.1, -0.05) is 19.9 Å². The van der Waals surface area contributed by atoms with E-state index in [0.29, 0.717) is 4.77 Å². The van der Waals surface area contributed by atoms with Crippen LogP contribution in [0.15, 0.2) is 24.4 Å². The molecule has 2 aromatic heterocycles. The molecule has 0 radical (unpaired) electrons. The number of H-pyrrole nitrogens is 1. The highest BCUT2D eigenvalue weighted by Gasteiger charge is 2.21. The van der Waals surface area contributed by atoms with E-state index in [2.05, 4.69) is 29.0 Å². The first-order chi connectivity index (χ1) is 9.53. The van der Waals surface area contributed by atoms with Crippen LogP contribution in [0.25, 0.3) is 11.5 Å². The van der Waals surface area contributed by atoms with Crippen LogP contribution in [0.5, 0.6) is 0 Å². The van der Waals surface area contributed by atoms with E-state index in [1.165, 1.54) is 0 Å². The third-order valence-electron chi connectivity index (χ3n) is 3.22. The summed E-state index contributed by atoms with van der Waals surface area (Å²) in [5, 5.41) is 7.16. The Morgan fingerprint density at radius 3 is 2.85 bits per heavy atom. The molecule has 0 aliphatic heterocycles. The van der Waals surface area contributed by atoms with Crippen molar-refractivity contribution in [2.75, 3.05) is 13.7 Å². The third kappa shape index (κ3) is 3.52. The number of ether oxygens (including phenoxy) is 1. The van der Waals surface area contributed by atoms with Crippen LogP contribution in [0.2, 0.25) is 0 Å². The fourth-order valence-corrected chi connectivity index (χ4v) is 2.24. The molecule has 108 valence electrons. The topological polar surface area (TPSA) is 55.7 Å². The number of pyridine rings is 1. The first kappa shape index (κ1) is 14.9. The van der Waals surface area contributed by atoms with Gasteiger partial charge in [0, 0.05) is 26.5 Å². The van der Waals surface area contributed by atoms with Crippen LogP contribution in [-0.2, 0) is 11.3 Å². The summed E-state index contributed by atoms with van der Waals surface area (Å²) in [6, 6.07) is 5.77. The van der Waals surface area contributed by atoms with Crippen molar-refractivity contribution < 1.29 is 4.74 Å². The summed E-state index contributed by atoms with van der Waals surface area (Å²) in [5.41, 5.74) is 0.893. The molecule has 0 aromatic carbocycles. The molecule has 0 amide bonds. The number of nitrogens with one attached hydrogen (secondary N) is 1. The first-order valence-corrected chi connectivity index (χ1v) is 7.00. The highest BCUT2D eigenvalue weighted by atomic mass is 32.1. The Balaban J connectivity index is 2.29. The number of hydrogen-bond acceptors (Lipinski definition) is 4. The van der Waals surface area contributed by atoms with E-state index < -0.39 is 0 Å². The van der Waals surface area contributed by atoms with Crippen molar-refractivity contribution in [3.63, 3.8) is 0 Å². The van der Waals surface area contributed by atoms with Crippen molar-refractivity contribution in [1.29, 1.82) is 0 Å². The summed E-state index contributed by atoms with van der Waals surface area (Å²) in [6.07, 6.45) is 2.71. The van der Waals surface area contributed by atoms with Gasteiger partial charge < -0.3 is 4.74 Å². The number of aromatic amines is 1. The maximum Gasteiger partial charge on any atom is 0.195 e. The predicted octanol–water partition coefficient (Wildman–Crippen LogP) is 3.07. The van der Waals surface area contributed by atoms with E-state index >= 15 is 0 Å². The second-order valence-electron chi connectivity index (χ2n) is 5.56. The molecule has 0 aliphatic rings. The predicted molar refractivity (Wildman–Crippen MR) is 80.9 cm³/mol. The highest BCUT2D eigenvalue weighted by Crippen LogP contribution is 2.25. The lowest BCUT2D eigenvalue weighted by Gasteiger charge is -2.25. The minimum Gasteiger partial charge on any atom is -0.385 e. The molecule has 0 unspecified atom stereocenters. The summed E-state index contributed by atoms with van der Waals surface area (Å²) in [5.74, 6) is 0.779. The SMILES string of the molecule is COCCC(C)(C)Cn1c(-c2ccccn2)n[nH]c1=S. The maximum atomic E-state index is 5.34. The van der Waals surface area contributed by atoms with Crippen molar-refractivity contribution in [2.45, 2.75) is 26.8 Å². The van der Waals surface area contributed by atoms with Gasteiger partial charge in [-0.25, -0.2) is 0 Å². The van der Waals surface area contributed by atoms with E-state index in [1.807, 2.05) is 22.8 Å². The lowest BCUT2D eigenvalue weighted by atomic mass is 9.89. The van der Waals surface area contributed by atoms with E-state index in [9.17, 15) is 0 Å². The second-order valence-corrected chi connectivity index (χ2v) is 5.95. The zero-order valence-corrected chi connectivity index (χ0v) is 12.9. The van der Waals surface area contributed by atoms with Crippen molar-refractivity contribution in [1.82, 2.24) is 19.7 Å². The molecule has 0 saturated carbocycles. The van der Waals surface area contributed by atoms with Crippen LogP contribution in [0, 0.1) is 10.2 Å². The summed E-state index contributed by atoms with van der Waals surface area (Å²) in [6.45, 7) is 5.90. The van der Waals surface area contributed by atoms with Gasteiger partial charge in [-0.05, 0) is 36.2 Å². The van der Waals surface area contributed by atoms with Crippen molar-refractivity contribution in [3.05, 3.63) is 29.2 Å². The molecule has 20 heavy (non-hydrogen) atoms. The highest BCUT2D eigenvalue weighted by molar-refractivity contribution is 7.71. The monoisotopic (exact) mass is 292 g/mol. The average molecular weight is 292 g/mol. The molecule has 2 heterocycles. The Morgan fingerprint density at radius 2 is 2.20 bits per heavy atom. The smallest absolute Gasteiger partial charge is 0.195 e. The lowest BCUT2D eigenvalue weighted by Crippen LogP contribution is -2.22. The third-order valence-corrected chi connectivity index (χ3v) is 3.53. The summed E-state index contributed by atoms with van der Waals surface area (Å²) in [7, 11) is 1.72. The van der Waals surface area contributed by atoms with Crippen LogP contribution >= 0.6 is 12.2 Å². The molecular weight excluding hydrogens is 272 g/mol. The zero-order valence-electron chi connectivity index (χ0n) is 12.1. The van der Waals surface area contributed by atoms with E-state index in [0.717, 1.165) is 31.1 Å². The number of rotatable bonds is 6. The van der Waals surface area contributed by atoms with Gasteiger partial charge in [0.15, 0.2) is 10.6 Å². The molecular formula is C14H20N4OS. The van der Waals surface area contributed by atoms with Crippen LogP contribution < -0.4 is 0 Å². The van der Waals surface area contributed by atoms with Crippen molar-refractivity contribution in [3.8, 4) is 11.5 Å².